The summed E-state index contributed by atoms with van der Waals surface area (Å²) in [6, 6.07) is 8.12. The first kappa shape index (κ1) is 11.3. The molecule has 0 amide bonds. The fourth-order valence-electron chi connectivity index (χ4n) is 1.29. The lowest BCUT2D eigenvalue weighted by Gasteiger charge is -2.12. The zero-order valence-corrected chi connectivity index (χ0v) is 9.67. The van der Waals surface area contributed by atoms with Crippen molar-refractivity contribution in [1.82, 2.24) is 0 Å². The Morgan fingerprint density at radius 1 is 1.21 bits per heavy atom. The maximum absolute atomic E-state index is 10.7. The Labute approximate surface area is 89.9 Å². The summed E-state index contributed by atoms with van der Waals surface area (Å²) in [6.45, 7) is 6.26. The maximum atomic E-state index is 10.7. The van der Waals surface area contributed by atoms with E-state index in [0.29, 0.717) is 5.25 Å². The van der Waals surface area contributed by atoms with Crippen LogP contribution in [0.4, 0.5) is 0 Å². The normalized spacial score (nSPS) is 12.9. The molecule has 0 aliphatic carbocycles. The van der Waals surface area contributed by atoms with E-state index in [1.165, 1.54) is 4.90 Å². The maximum Gasteiger partial charge on any atom is 0.127 e. The second-order valence-electron chi connectivity index (χ2n) is 3.63. The molecule has 1 rings (SSSR count). The van der Waals surface area contributed by atoms with Gasteiger partial charge >= 0.3 is 0 Å². The standard InChI is InChI=1S/C12H16OS/c1-9(2)14-12-7-5-4-6-11(12)10(3)8-13/h4-10H,1-3H3. The molecule has 0 heterocycles. The molecule has 1 atom stereocenters. The molecular formula is C12H16OS. The van der Waals surface area contributed by atoms with E-state index in [0.717, 1.165) is 11.8 Å². The summed E-state index contributed by atoms with van der Waals surface area (Å²) in [7, 11) is 0. The van der Waals surface area contributed by atoms with Gasteiger partial charge in [0.2, 0.25) is 0 Å². The minimum absolute atomic E-state index is 0.00236. The van der Waals surface area contributed by atoms with E-state index in [1.54, 1.807) is 0 Å². The third-order valence-electron chi connectivity index (χ3n) is 1.98. The number of aldehydes is 1. The fraction of sp³-hybridized carbons (Fsp3) is 0.417. The van der Waals surface area contributed by atoms with Crippen molar-refractivity contribution >= 4 is 18.0 Å². The molecule has 1 nitrogen and oxygen atoms in total. The number of thioether (sulfide) groups is 1. The monoisotopic (exact) mass is 208 g/mol. The predicted octanol–water partition coefficient (Wildman–Crippen LogP) is 3.49. The summed E-state index contributed by atoms with van der Waals surface area (Å²) >= 11 is 1.81. The van der Waals surface area contributed by atoms with Crippen LogP contribution in [0.1, 0.15) is 32.3 Å². The van der Waals surface area contributed by atoms with Gasteiger partial charge in [-0.25, -0.2) is 0 Å². The molecule has 1 aromatic rings. The minimum Gasteiger partial charge on any atom is -0.303 e. The number of benzene rings is 1. The summed E-state index contributed by atoms with van der Waals surface area (Å²) in [5.74, 6) is -0.00236. The van der Waals surface area contributed by atoms with Crippen molar-refractivity contribution in [3.8, 4) is 0 Å². The van der Waals surface area contributed by atoms with Crippen LogP contribution in [0.2, 0.25) is 0 Å². The van der Waals surface area contributed by atoms with Crippen molar-refractivity contribution in [3.05, 3.63) is 29.8 Å². The van der Waals surface area contributed by atoms with Crippen LogP contribution in [-0.2, 0) is 4.79 Å². The van der Waals surface area contributed by atoms with Crippen LogP contribution in [-0.4, -0.2) is 11.5 Å². The van der Waals surface area contributed by atoms with Gasteiger partial charge in [-0.1, -0.05) is 39.0 Å². The van der Waals surface area contributed by atoms with Crippen LogP contribution in [0.5, 0.6) is 0 Å². The number of carbonyl (C=O) groups excluding carboxylic acids is 1. The Balaban J connectivity index is 2.96. The van der Waals surface area contributed by atoms with Crippen LogP contribution in [0.15, 0.2) is 29.2 Å². The van der Waals surface area contributed by atoms with Gasteiger partial charge in [0.1, 0.15) is 6.29 Å². The molecule has 0 bridgehead atoms. The lowest BCUT2D eigenvalue weighted by atomic mass is 10.0. The van der Waals surface area contributed by atoms with Gasteiger partial charge in [0.05, 0.1) is 0 Å². The van der Waals surface area contributed by atoms with E-state index >= 15 is 0 Å². The lowest BCUT2D eigenvalue weighted by Crippen LogP contribution is -1.98. The second kappa shape index (κ2) is 5.20. The molecule has 0 saturated heterocycles. The van der Waals surface area contributed by atoms with Gasteiger partial charge in [0.15, 0.2) is 0 Å². The van der Waals surface area contributed by atoms with Gasteiger partial charge in [0.25, 0.3) is 0 Å². The predicted molar refractivity (Wildman–Crippen MR) is 61.9 cm³/mol. The zero-order chi connectivity index (χ0) is 10.6. The molecule has 0 aliphatic rings. The van der Waals surface area contributed by atoms with E-state index < -0.39 is 0 Å². The highest BCUT2D eigenvalue weighted by molar-refractivity contribution is 8.00. The molecule has 76 valence electrons. The first-order valence-corrected chi connectivity index (χ1v) is 5.74. The van der Waals surface area contributed by atoms with Crippen molar-refractivity contribution in [2.24, 2.45) is 0 Å². The average Bonchev–Trinajstić information content (AvgIpc) is 2.16. The van der Waals surface area contributed by atoms with Gasteiger partial charge in [-0.2, -0.15) is 0 Å². The van der Waals surface area contributed by atoms with Gasteiger partial charge in [-0.3, -0.25) is 0 Å². The molecule has 1 aromatic carbocycles. The Kier molecular flexibility index (Phi) is 4.21. The smallest absolute Gasteiger partial charge is 0.127 e. The SMILES string of the molecule is CC(C)Sc1ccccc1C(C)C=O. The largest absolute Gasteiger partial charge is 0.303 e. The van der Waals surface area contributed by atoms with E-state index in [2.05, 4.69) is 19.9 Å². The topological polar surface area (TPSA) is 17.1 Å². The van der Waals surface area contributed by atoms with Crippen LogP contribution < -0.4 is 0 Å². The summed E-state index contributed by atoms with van der Waals surface area (Å²) in [5, 5.41) is 0.551. The molecular weight excluding hydrogens is 192 g/mol. The molecule has 0 N–H and O–H groups in total. The fourth-order valence-corrected chi connectivity index (χ4v) is 2.35. The lowest BCUT2D eigenvalue weighted by molar-refractivity contribution is -0.108. The molecule has 0 radical (unpaired) electrons. The van der Waals surface area contributed by atoms with Crippen LogP contribution in [0, 0.1) is 0 Å². The third-order valence-corrected chi connectivity index (χ3v) is 3.07. The molecule has 0 spiro atoms. The summed E-state index contributed by atoms with van der Waals surface area (Å²) < 4.78 is 0. The van der Waals surface area contributed by atoms with Gasteiger partial charge in [0, 0.05) is 16.1 Å². The Hall–Kier alpha value is -0.760. The van der Waals surface area contributed by atoms with Crippen molar-refractivity contribution in [3.63, 3.8) is 0 Å². The number of carbonyl (C=O) groups is 1. The van der Waals surface area contributed by atoms with E-state index in [1.807, 2.05) is 36.9 Å². The third kappa shape index (κ3) is 2.88. The molecule has 1 unspecified atom stereocenters. The van der Waals surface area contributed by atoms with Crippen LogP contribution >= 0.6 is 11.8 Å². The average molecular weight is 208 g/mol. The summed E-state index contributed by atoms with van der Waals surface area (Å²) in [6.07, 6.45) is 1.000. The van der Waals surface area contributed by atoms with E-state index in [9.17, 15) is 4.79 Å². The van der Waals surface area contributed by atoms with Crippen molar-refractivity contribution in [2.75, 3.05) is 0 Å². The van der Waals surface area contributed by atoms with E-state index in [-0.39, 0.29) is 5.92 Å². The first-order valence-electron chi connectivity index (χ1n) is 4.86. The Morgan fingerprint density at radius 3 is 2.43 bits per heavy atom. The van der Waals surface area contributed by atoms with Gasteiger partial charge < -0.3 is 4.79 Å². The highest BCUT2D eigenvalue weighted by Crippen LogP contribution is 2.30. The second-order valence-corrected chi connectivity index (χ2v) is 5.25. The number of hydrogen-bond acceptors (Lipinski definition) is 2. The molecule has 14 heavy (non-hydrogen) atoms. The molecule has 0 aromatic heterocycles. The Morgan fingerprint density at radius 2 is 1.86 bits per heavy atom. The molecule has 2 heteroatoms. The highest BCUT2D eigenvalue weighted by atomic mass is 32.2. The first-order chi connectivity index (χ1) is 6.65. The van der Waals surface area contributed by atoms with Gasteiger partial charge in [-0.05, 0) is 11.6 Å². The van der Waals surface area contributed by atoms with Crippen molar-refractivity contribution < 1.29 is 4.79 Å². The van der Waals surface area contributed by atoms with Crippen LogP contribution in [0.3, 0.4) is 0 Å². The zero-order valence-electron chi connectivity index (χ0n) is 8.86. The highest BCUT2D eigenvalue weighted by Gasteiger charge is 2.10. The molecule has 0 saturated carbocycles. The number of hydrogen-bond donors (Lipinski definition) is 0. The molecule has 0 aliphatic heterocycles. The summed E-state index contributed by atoms with van der Waals surface area (Å²) in [4.78, 5) is 12.0. The quantitative estimate of drug-likeness (QED) is 0.556. The Bertz CT molecular complexity index is 307. The van der Waals surface area contributed by atoms with Crippen molar-refractivity contribution in [1.29, 1.82) is 0 Å². The number of rotatable bonds is 4. The molecule has 0 fully saturated rings. The summed E-state index contributed by atoms with van der Waals surface area (Å²) in [5.41, 5.74) is 1.14. The van der Waals surface area contributed by atoms with Crippen molar-refractivity contribution in [2.45, 2.75) is 36.8 Å². The van der Waals surface area contributed by atoms with Gasteiger partial charge in [-0.15, -0.1) is 11.8 Å². The van der Waals surface area contributed by atoms with Crippen LogP contribution in [0.25, 0.3) is 0 Å². The minimum atomic E-state index is -0.00236. The van der Waals surface area contributed by atoms with E-state index in [4.69, 9.17) is 0 Å².